The van der Waals surface area contributed by atoms with E-state index in [0.29, 0.717) is 6.41 Å². The standard InChI is InChI=1S/C11H8N2O3S/c14-7-12-9-6-8(11-2-1-5-17-11)3-4-10(9)13(15)16/h1-7H,(H,12,14). The van der Waals surface area contributed by atoms with Gasteiger partial charge >= 0.3 is 0 Å². The van der Waals surface area contributed by atoms with Gasteiger partial charge < -0.3 is 5.32 Å². The molecule has 0 aliphatic heterocycles. The van der Waals surface area contributed by atoms with Crippen molar-refractivity contribution in [1.29, 1.82) is 0 Å². The second-order valence-electron chi connectivity index (χ2n) is 3.23. The molecule has 1 aromatic heterocycles. The Bertz CT molecular complexity index is 552. The average molecular weight is 248 g/mol. The first-order chi connectivity index (χ1) is 8.22. The quantitative estimate of drug-likeness (QED) is 0.513. The molecule has 2 rings (SSSR count). The third kappa shape index (κ3) is 2.31. The molecular weight excluding hydrogens is 240 g/mol. The molecule has 86 valence electrons. The lowest BCUT2D eigenvalue weighted by atomic mass is 10.1. The summed E-state index contributed by atoms with van der Waals surface area (Å²) < 4.78 is 0. The van der Waals surface area contributed by atoms with Crippen LogP contribution in [0.25, 0.3) is 10.4 Å². The van der Waals surface area contributed by atoms with Crippen molar-refractivity contribution in [3.05, 3.63) is 45.8 Å². The Morgan fingerprint density at radius 1 is 1.35 bits per heavy atom. The van der Waals surface area contributed by atoms with Gasteiger partial charge in [-0.3, -0.25) is 14.9 Å². The molecule has 0 atom stereocenters. The van der Waals surface area contributed by atoms with E-state index in [2.05, 4.69) is 5.32 Å². The SMILES string of the molecule is O=CNc1cc(-c2cccs2)ccc1[N+](=O)[O-]. The number of carbonyl (C=O) groups is 1. The van der Waals surface area contributed by atoms with Crippen molar-refractivity contribution in [1.82, 2.24) is 0 Å². The van der Waals surface area contributed by atoms with E-state index in [-0.39, 0.29) is 11.4 Å². The number of carbonyl (C=O) groups excluding carboxylic acids is 1. The van der Waals surface area contributed by atoms with Crippen LogP contribution in [0.15, 0.2) is 35.7 Å². The van der Waals surface area contributed by atoms with Crippen molar-refractivity contribution in [2.24, 2.45) is 0 Å². The summed E-state index contributed by atoms with van der Waals surface area (Å²) in [5, 5.41) is 15.0. The minimum atomic E-state index is -0.524. The minimum Gasteiger partial charge on any atom is -0.323 e. The third-order valence-electron chi connectivity index (χ3n) is 2.21. The van der Waals surface area contributed by atoms with Crippen LogP contribution in [0.2, 0.25) is 0 Å². The van der Waals surface area contributed by atoms with Crippen LogP contribution in [-0.4, -0.2) is 11.3 Å². The highest BCUT2D eigenvalue weighted by Crippen LogP contribution is 2.32. The van der Waals surface area contributed by atoms with Crippen molar-refractivity contribution in [3.8, 4) is 10.4 Å². The van der Waals surface area contributed by atoms with E-state index < -0.39 is 4.92 Å². The summed E-state index contributed by atoms with van der Waals surface area (Å²) in [5.41, 5.74) is 0.934. The lowest BCUT2D eigenvalue weighted by molar-refractivity contribution is -0.383. The van der Waals surface area contributed by atoms with E-state index in [1.54, 1.807) is 12.1 Å². The smallest absolute Gasteiger partial charge is 0.292 e. The molecule has 2 aromatic rings. The molecule has 0 bridgehead atoms. The molecule has 0 radical (unpaired) electrons. The van der Waals surface area contributed by atoms with E-state index in [4.69, 9.17) is 0 Å². The van der Waals surface area contributed by atoms with Crippen molar-refractivity contribution in [2.45, 2.75) is 0 Å². The van der Waals surface area contributed by atoms with E-state index >= 15 is 0 Å². The lowest BCUT2D eigenvalue weighted by Crippen LogP contribution is -1.99. The molecule has 0 saturated heterocycles. The number of thiophene rings is 1. The maximum absolute atomic E-state index is 10.7. The van der Waals surface area contributed by atoms with Gasteiger partial charge in [0.2, 0.25) is 6.41 Å². The molecule has 5 nitrogen and oxygen atoms in total. The Labute approximate surface area is 101 Å². The van der Waals surface area contributed by atoms with Crippen molar-refractivity contribution in [2.75, 3.05) is 5.32 Å². The number of hydrogen-bond acceptors (Lipinski definition) is 4. The number of nitrogens with one attached hydrogen (secondary N) is 1. The summed E-state index contributed by atoms with van der Waals surface area (Å²) in [6, 6.07) is 8.46. The number of nitro benzene ring substituents is 1. The molecule has 1 N–H and O–H groups in total. The van der Waals surface area contributed by atoms with Gasteiger partial charge in [0.15, 0.2) is 0 Å². The summed E-state index contributed by atoms with van der Waals surface area (Å²) >= 11 is 1.53. The topological polar surface area (TPSA) is 72.2 Å². The predicted molar refractivity (Wildman–Crippen MR) is 66.1 cm³/mol. The van der Waals surface area contributed by atoms with Crippen LogP contribution in [-0.2, 0) is 4.79 Å². The zero-order chi connectivity index (χ0) is 12.3. The Morgan fingerprint density at radius 2 is 2.18 bits per heavy atom. The Morgan fingerprint density at radius 3 is 2.76 bits per heavy atom. The van der Waals surface area contributed by atoms with Gasteiger partial charge in [0, 0.05) is 10.9 Å². The van der Waals surface area contributed by atoms with Crippen molar-refractivity contribution < 1.29 is 9.72 Å². The van der Waals surface area contributed by atoms with Gasteiger partial charge in [0.25, 0.3) is 5.69 Å². The molecule has 6 heteroatoms. The molecule has 0 saturated carbocycles. The van der Waals surface area contributed by atoms with Crippen LogP contribution in [0.5, 0.6) is 0 Å². The fourth-order valence-corrected chi connectivity index (χ4v) is 2.19. The van der Waals surface area contributed by atoms with E-state index in [1.165, 1.54) is 17.4 Å². The summed E-state index contributed by atoms with van der Waals surface area (Å²) in [6.45, 7) is 0. The van der Waals surface area contributed by atoms with E-state index in [1.807, 2.05) is 17.5 Å². The Hall–Kier alpha value is -2.21. The number of nitrogens with zero attached hydrogens (tertiary/aromatic N) is 1. The maximum Gasteiger partial charge on any atom is 0.292 e. The molecule has 0 aliphatic rings. The van der Waals surface area contributed by atoms with Gasteiger partial charge in [-0.25, -0.2) is 0 Å². The second-order valence-corrected chi connectivity index (χ2v) is 4.18. The third-order valence-corrected chi connectivity index (χ3v) is 3.13. The normalized spacial score (nSPS) is 9.88. The number of benzene rings is 1. The highest BCUT2D eigenvalue weighted by molar-refractivity contribution is 7.13. The Balaban J connectivity index is 2.49. The van der Waals surface area contributed by atoms with Gasteiger partial charge in [0.1, 0.15) is 5.69 Å². The fraction of sp³-hybridized carbons (Fsp3) is 0. The van der Waals surface area contributed by atoms with Gasteiger partial charge in [-0.2, -0.15) is 0 Å². The molecule has 0 spiro atoms. The van der Waals surface area contributed by atoms with Gasteiger partial charge in [-0.1, -0.05) is 6.07 Å². The fourth-order valence-electron chi connectivity index (χ4n) is 1.47. The number of amides is 1. The van der Waals surface area contributed by atoms with Gasteiger partial charge in [-0.15, -0.1) is 11.3 Å². The molecule has 17 heavy (non-hydrogen) atoms. The molecule has 1 aromatic carbocycles. The first-order valence-corrected chi connectivity index (χ1v) is 5.63. The number of nitro groups is 1. The number of rotatable bonds is 4. The molecule has 1 amide bonds. The largest absolute Gasteiger partial charge is 0.323 e. The van der Waals surface area contributed by atoms with Crippen molar-refractivity contribution >= 4 is 29.1 Å². The van der Waals surface area contributed by atoms with Gasteiger partial charge in [0.05, 0.1) is 4.92 Å². The highest BCUT2D eigenvalue weighted by Gasteiger charge is 2.14. The average Bonchev–Trinajstić information content (AvgIpc) is 2.82. The van der Waals surface area contributed by atoms with Crippen LogP contribution < -0.4 is 5.32 Å². The lowest BCUT2D eigenvalue weighted by Gasteiger charge is -2.03. The van der Waals surface area contributed by atoms with Crippen LogP contribution >= 0.6 is 11.3 Å². The van der Waals surface area contributed by atoms with Crippen LogP contribution in [0.1, 0.15) is 0 Å². The first kappa shape index (κ1) is 11.3. The molecule has 0 fully saturated rings. The minimum absolute atomic E-state index is 0.114. The zero-order valence-electron chi connectivity index (χ0n) is 8.62. The van der Waals surface area contributed by atoms with Crippen LogP contribution in [0.3, 0.4) is 0 Å². The number of hydrogen-bond donors (Lipinski definition) is 1. The summed E-state index contributed by atoms with van der Waals surface area (Å²) in [6.07, 6.45) is 0.431. The molecule has 1 heterocycles. The van der Waals surface area contributed by atoms with Gasteiger partial charge in [-0.05, 0) is 29.1 Å². The van der Waals surface area contributed by atoms with E-state index in [9.17, 15) is 14.9 Å². The predicted octanol–water partition coefficient (Wildman–Crippen LogP) is 2.89. The summed E-state index contributed by atoms with van der Waals surface area (Å²) in [7, 11) is 0. The highest BCUT2D eigenvalue weighted by atomic mass is 32.1. The second kappa shape index (κ2) is 4.75. The Kier molecular flexibility index (Phi) is 3.15. The van der Waals surface area contributed by atoms with Crippen LogP contribution in [0, 0.1) is 10.1 Å². The first-order valence-electron chi connectivity index (χ1n) is 4.75. The van der Waals surface area contributed by atoms with E-state index in [0.717, 1.165) is 10.4 Å². The summed E-state index contributed by atoms with van der Waals surface area (Å²) in [4.78, 5) is 21.6. The molecular formula is C11H8N2O3S. The summed E-state index contributed by atoms with van der Waals surface area (Å²) in [5.74, 6) is 0. The molecule has 0 aliphatic carbocycles. The number of anilines is 1. The maximum atomic E-state index is 10.7. The zero-order valence-corrected chi connectivity index (χ0v) is 9.44. The monoisotopic (exact) mass is 248 g/mol. The van der Waals surface area contributed by atoms with Crippen LogP contribution in [0.4, 0.5) is 11.4 Å². The molecule has 0 unspecified atom stereocenters. The van der Waals surface area contributed by atoms with Crippen molar-refractivity contribution in [3.63, 3.8) is 0 Å².